The lowest BCUT2D eigenvalue weighted by molar-refractivity contribution is 0.153. The number of aliphatic hydroxyl groups excluding tert-OH is 1. The van der Waals surface area contributed by atoms with E-state index in [4.69, 9.17) is 11.6 Å². The molecule has 82 valence electrons. The average molecular weight is 227 g/mol. The maximum Gasteiger partial charge on any atom is 0.133 e. The quantitative estimate of drug-likeness (QED) is 0.797. The Bertz CT molecular complexity index is 332. The first kappa shape index (κ1) is 10.9. The first-order valence-electron chi connectivity index (χ1n) is 5.25. The molecule has 1 aromatic heterocycles. The molecule has 4 heteroatoms. The van der Waals surface area contributed by atoms with E-state index in [1.54, 1.807) is 6.20 Å². The molecule has 0 spiro atoms. The second kappa shape index (κ2) is 4.92. The van der Waals surface area contributed by atoms with Gasteiger partial charge < -0.3 is 5.11 Å². The molecular weight excluding hydrogens is 212 g/mol. The van der Waals surface area contributed by atoms with Crippen LogP contribution in [0.15, 0.2) is 18.3 Å². The molecule has 0 aromatic carbocycles. The summed E-state index contributed by atoms with van der Waals surface area (Å²) in [6.07, 6.45) is 3.93. The molecule has 2 rings (SSSR count). The van der Waals surface area contributed by atoms with Gasteiger partial charge in [0.15, 0.2) is 0 Å². The Morgan fingerprint density at radius 2 is 2.47 bits per heavy atom. The van der Waals surface area contributed by atoms with Gasteiger partial charge in [0.1, 0.15) is 5.15 Å². The first-order chi connectivity index (χ1) is 7.31. The van der Waals surface area contributed by atoms with Crippen LogP contribution in [0.1, 0.15) is 18.4 Å². The van der Waals surface area contributed by atoms with Crippen LogP contribution in [-0.2, 0) is 6.54 Å². The molecular formula is C11H15ClN2O. The van der Waals surface area contributed by atoms with Crippen LogP contribution in [0, 0.1) is 0 Å². The SMILES string of the molecule is OCC1CCCN1Cc1cccnc1Cl. The number of aliphatic hydroxyl groups is 1. The molecule has 1 aliphatic heterocycles. The third-order valence-corrected chi connectivity index (χ3v) is 3.26. The number of rotatable bonds is 3. The predicted octanol–water partition coefficient (Wildman–Crippen LogP) is 1.69. The van der Waals surface area contributed by atoms with Crippen LogP contribution in [0.4, 0.5) is 0 Å². The van der Waals surface area contributed by atoms with Crippen molar-refractivity contribution in [3.05, 3.63) is 29.0 Å². The minimum absolute atomic E-state index is 0.234. The minimum atomic E-state index is 0.234. The van der Waals surface area contributed by atoms with Crippen molar-refractivity contribution in [3.63, 3.8) is 0 Å². The van der Waals surface area contributed by atoms with E-state index in [0.29, 0.717) is 11.2 Å². The Labute approximate surface area is 94.7 Å². The van der Waals surface area contributed by atoms with Crippen molar-refractivity contribution < 1.29 is 5.11 Å². The predicted molar refractivity (Wildman–Crippen MR) is 59.8 cm³/mol. The van der Waals surface area contributed by atoms with Gasteiger partial charge in [0.2, 0.25) is 0 Å². The summed E-state index contributed by atoms with van der Waals surface area (Å²) in [5.74, 6) is 0. The Morgan fingerprint density at radius 1 is 1.60 bits per heavy atom. The van der Waals surface area contributed by atoms with E-state index >= 15 is 0 Å². The fraction of sp³-hybridized carbons (Fsp3) is 0.545. The highest BCUT2D eigenvalue weighted by molar-refractivity contribution is 6.30. The van der Waals surface area contributed by atoms with Gasteiger partial charge in [0.05, 0.1) is 6.61 Å². The van der Waals surface area contributed by atoms with Crippen LogP contribution in [0.25, 0.3) is 0 Å². The number of pyridine rings is 1. The van der Waals surface area contributed by atoms with E-state index in [1.165, 1.54) is 0 Å². The van der Waals surface area contributed by atoms with Gasteiger partial charge in [-0.3, -0.25) is 4.90 Å². The Morgan fingerprint density at radius 3 is 3.20 bits per heavy atom. The van der Waals surface area contributed by atoms with Crippen molar-refractivity contribution in [1.82, 2.24) is 9.88 Å². The van der Waals surface area contributed by atoms with E-state index in [9.17, 15) is 5.11 Å². The molecule has 1 unspecified atom stereocenters. The van der Waals surface area contributed by atoms with Crippen molar-refractivity contribution in [2.75, 3.05) is 13.2 Å². The monoisotopic (exact) mass is 226 g/mol. The molecule has 2 heterocycles. The van der Waals surface area contributed by atoms with Gasteiger partial charge in [0, 0.05) is 24.3 Å². The first-order valence-corrected chi connectivity index (χ1v) is 5.63. The lowest BCUT2D eigenvalue weighted by Crippen LogP contribution is -2.31. The molecule has 15 heavy (non-hydrogen) atoms. The molecule has 1 aliphatic rings. The van der Waals surface area contributed by atoms with Gasteiger partial charge in [-0.2, -0.15) is 0 Å². The number of hydrogen-bond acceptors (Lipinski definition) is 3. The molecule has 1 saturated heterocycles. The molecule has 1 aromatic rings. The lowest BCUT2D eigenvalue weighted by Gasteiger charge is -2.22. The third-order valence-electron chi connectivity index (χ3n) is 2.92. The second-order valence-corrected chi connectivity index (χ2v) is 4.26. The number of halogens is 1. The van der Waals surface area contributed by atoms with Gasteiger partial charge in [-0.1, -0.05) is 17.7 Å². The summed E-state index contributed by atoms with van der Waals surface area (Å²) in [6.45, 7) is 2.06. The average Bonchev–Trinajstić information content (AvgIpc) is 2.69. The van der Waals surface area contributed by atoms with Crippen molar-refractivity contribution in [2.45, 2.75) is 25.4 Å². The zero-order valence-corrected chi connectivity index (χ0v) is 9.32. The summed E-state index contributed by atoms with van der Waals surface area (Å²) in [6, 6.07) is 4.18. The minimum Gasteiger partial charge on any atom is -0.395 e. The molecule has 1 atom stereocenters. The van der Waals surface area contributed by atoms with Gasteiger partial charge in [-0.25, -0.2) is 4.98 Å². The Balaban J connectivity index is 2.05. The maximum atomic E-state index is 9.19. The number of nitrogens with zero attached hydrogens (tertiary/aromatic N) is 2. The highest BCUT2D eigenvalue weighted by Gasteiger charge is 2.24. The van der Waals surface area contributed by atoms with Crippen LogP contribution >= 0.6 is 11.6 Å². The highest BCUT2D eigenvalue weighted by atomic mass is 35.5. The summed E-state index contributed by atoms with van der Waals surface area (Å²) in [5.41, 5.74) is 1.04. The van der Waals surface area contributed by atoms with Crippen molar-refractivity contribution >= 4 is 11.6 Å². The molecule has 0 saturated carbocycles. The van der Waals surface area contributed by atoms with E-state index in [2.05, 4.69) is 9.88 Å². The summed E-state index contributed by atoms with van der Waals surface area (Å²) < 4.78 is 0. The lowest BCUT2D eigenvalue weighted by atomic mass is 10.2. The zero-order valence-electron chi connectivity index (χ0n) is 8.56. The van der Waals surface area contributed by atoms with E-state index in [1.807, 2.05) is 12.1 Å². The fourth-order valence-corrected chi connectivity index (χ4v) is 2.25. The summed E-state index contributed by atoms with van der Waals surface area (Å²) in [7, 11) is 0. The summed E-state index contributed by atoms with van der Waals surface area (Å²) in [5, 5.41) is 9.76. The second-order valence-electron chi connectivity index (χ2n) is 3.90. The van der Waals surface area contributed by atoms with Gasteiger partial charge in [-0.15, -0.1) is 0 Å². The van der Waals surface area contributed by atoms with Crippen LogP contribution < -0.4 is 0 Å². The molecule has 3 nitrogen and oxygen atoms in total. The van der Waals surface area contributed by atoms with Crippen LogP contribution in [0.5, 0.6) is 0 Å². The molecule has 1 N–H and O–H groups in total. The highest BCUT2D eigenvalue weighted by Crippen LogP contribution is 2.21. The van der Waals surface area contributed by atoms with Crippen LogP contribution in [0.2, 0.25) is 5.15 Å². The summed E-state index contributed by atoms with van der Waals surface area (Å²) in [4.78, 5) is 6.32. The van der Waals surface area contributed by atoms with Gasteiger partial charge in [0.25, 0.3) is 0 Å². The molecule has 0 aliphatic carbocycles. The molecule has 0 bridgehead atoms. The molecule has 0 amide bonds. The van der Waals surface area contributed by atoms with E-state index in [-0.39, 0.29) is 6.61 Å². The summed E-state index contributed by atoms with van der Waals surface area (Å²) >= 11 is 5.99. The largest absolute Gasteiger partial charge is 0.395 e. The van der Waals surface area contributed by atoms with Crippen molar-refractivity contribution in [2.24, 2.45) is 0 Å². The standard InChI is InChI=1S/C11H15ClN2O/c12-11-9(3-1-5-13-11)7-14-6-2-4-10(14)8-15/h1,3,5,10,15H,2,4,6-8H2. The smallest absolute Gasteiger partial charge is 0.133 e. The van der Waals surface area contributed by atoms with Crippen LogP contribution in [-0.4, -0.2) is 34.2 Å². The molecule has 1 fully saturated rings. The zero-order chi connectivity index (χ0) is 10.7. The normalized spacial score (nSPS) is 22.1. The van der Waals surface area contributed by atoms with Gasteiger partial charge >= 0.3 is 0 Å². The third kappa shape index (κ3) is 2.48. The van der Waals surface area contributed by atoms with E-state index in [0.717, 1.165) is 31.5 Å². The van der Waals surface area contributed by atoms with Crippen molar-refractivity contribution in [1.29, 1.82) is 0 Å². The topological polar surface area (TPSA) is 36.4 Å². The Hall–Kier alpha value is -0.640. The maximum absolute atomic E-state index is 9.19. The van der Waals surface area contributed by atoms with Crippen LogP contribution in [0.3, 0.4) is 0 Å². The fourth-order valence-electron chi connectivity index (χ4n) is 2.07. The molecule has 0 radical (unpaired) electrons. The number of likely N-dealkylation sites (tertiary alicyclic amines) is 1. The Kier molecular flexibility index (Phi) is 3.57. The van der Waals surface area contributed by atoms with E-state index < -0.39 is 0 Å². The number of aromatic nitrogens is 1. The number of hydrogen-bond donors (Lipinski definition) is 1. The van der Waals surface area contributed by atoms with Gasteiger partial charge in [-0.05, 0) is 25.5 Å². The van der Waals surface area contributed by atoms with Crippen molar-refractivity contribution in [3.8, 4) is 0 Å².